The summed E-state index contributed by atoms with van der Waals surface area (Å²) in [5.41, 5.74) is 7.04. The number of aromatic nitrogens is 2. The topological polar surface area (TPSA) is 61.0 Å². The van der Waals surface area contributed by atoms with Crippen LogP contribution in [0.2, 0.25) is 0 Å². The maximum Gasteiger partial charge on any atom is 0.216 e. The third-order valence-corrected chi connectivity index (χ3v) is 2.75. The van der Waals surface area contributed by atoms with Crippen LogP contribution in [0.1, 0.15) is 24.4 Å². The van der Waals surface area contributed by atoms with E-state index in [-0.39, 0.29) is 6.04 Å². The van der Waals surface area contributed by atoms with Crippen molar-refractivity contribution in [2.45, 2.75) is 32.2 Å². The zero-order valence-corrected chi connectivity index (χ0v) is 9.23. The van der Waals surface area contributed by atoms with E-state index in [1.807, 2.05) is 13.0 Å². The lowest BCUT2D eigenvalue weighted by Crippen LogP contribution is -2.25. The maximum absolute atomic E-state index is 6.05. The summed E-state index contributed by atoms with van der Waals surface area (Å²) in [6, 6.07) is 2.11. The standard InChI is InChI=1S/C11H17N3O/c1-7-13-9(6-11(14-7)15-2)5-10(12)8-3-4-8/h6,8,10H,3-5,12H2,1-2H3. The zero-order valence-electron chi connectivity index (χ0n) is 9.23. The first-order valence-electron chi connectivity index (χ1n) is 5.33. The van der Waals surface area contributed by atoms with Gasteiger partial charge in [0.1, 0.15) is 5.82 Å². The zero-order chi connectivity index (χ0) is 10.8. The molecule has 1 heterocycles. The van der Waals surface area contributed by atoms with Gasteiger partial charge in [0.2, 0.25) is 5.88 Å². The van der Waals surface area contributed by atoms with E-state index < -0.39 is 0 Å². The van der Waals surface area contributed by atoms with Gasteiger partial charge in [-0.25, -0.2) is 4.98 Å². The Morgan fingerprint density at radius 2 is 2.27 bits per heavy atom. The minimum atomic E-state index is 0.240. The average molecular weight is 207 g/mol. The molecule has 0 bridgehead atoms. The number of ether oxygens (including phenoxy) is 1. The number of methoxy groups -OCH3 is 1. The largest absolute Gasteiger partial charge is 0.481 e. The summed E-state index contributed by atoms with van der Waals surface area (Å²) >= 11 is 0. The van der Waals surface area contributed by atoms with E-state index in [1.54, 1.807) is 7.11 Å². The van der Waals surface area contributed by atoms with Crippen LogP contribution in [-0.4, -0.2) is 23.1 Å². The summed E-state index contributed by atoms with van der Waals surface area (Å²) < 4.78 is 5.10. The molecule has 2 N–H and O–H groups in total. The van der Waals surface area contributed by atoms with E-state index in [1.165, 1.54) is 12.8 Å². The molecule has 1 unspecified atom stereocenters. The Labute approximate surface area is 89.9 Å². The van der Waals surface area contributed by atoms with Crippen molar-refractivity contribution in [2.24, 2.45) is 11.7 Å². The van der Waals surface area contributed by atoms with Crippen LogP contribution in [0.4, 0.5) is 0 Å². The fourth-order valence-electron chi connectivity index (χ4n) is 1.74. The molecule has 4 heteroatoms. The molecule has 1 aliphatic carbocycles. The highest BCUT2D eigenvalue weighted by atomic mass is 16.5. The van der Waals surface area contributed by atoms with Crippen LogP contribution < -0.4 is 10.5 Å². The summed E-state index contributed by atoms with van der Waals surface area (Å²) in [5, 5.41) is 0. The number of rotatable bonds is 4. The van der Waals surface area contributed by atoms with Crippen LogP contribution in [0.25, 0.3) is 0 Å². The van der Waals surface area contributed by atoms with Gasteiger partial charge < -0.3 is 10.5 Å². The summed E-state index contributed by atoms with van der Waals surface area (Å²) in [6.45, 7) is 1.87. The molecule has 0 saturated heterocycles. The van der Waals surface area contributed by atoms with E-state index in [0.29, 0.717) is 11.8 Å². The molecule has 4 nitrogen and oxygen atoms in total. The van der Waals surface area contributed by atoms with Gasteiger partial charge in [-0.1, -0.05) is 0 Å². The van der Waals surface area contributed by atoms with Crippen molar-refractivity contribution in [1.29, 1.82) is 0 Å². The van der Waals surface area contributed by atoms with Crippen molar-refractivity contribution in [1.82, 2.24) is 9.97 Å². The third kappa shape index (κ3) is 2.65. The molecule has 15 heavy (non-hydrogen) atoms. The third-order valence-electron chi connectivity index (χ3n) is 2.75. The maximum atomic E-state index is 6.05. The lowest BCUT2D eigenvalue weighted by molar-refractivity contribution is 0.394. The predicted octanol–water partition coefficient (Wildman–Crippen LogP) is 1.07. The number of nitrogens with zero attached hydrogens (tertiary/aromatic N) is 2. The second-order valence-electron chi connectivity index (χ2n) is 4.15. The molecule has 0 spiro atoms. The van der Waals surface area contributed by atoms with Gasteiger partial charge in [-0.15, -0.1) is 0 Å². The van der Waals surface area contributed by atoms with E-state index in [9.17, 15) is 0 Å². The molecule has 2 rings (SSSR count). The van der Waals surface area contributed by atoms with E-state index in [0.717, 1.165) is 17.9 Å². The molecule has 1 atom stereocenters. The first kappa shape index (κ1) is 10.4. The van der Waals surface area contributed by atoms with Crippen molar-refractivity contribution in [3.8, 4) is 5.88 Å². The van der Waals surface area contributed by atoms with Gasteiger partial charge in [-0.3, -0.25) is 0 Å². The van der Waals surface area contributed by atoms with E-state index >= 15 is 0 Å². The summed E-state index contributed by atoms with van der Waals surface area (Å²) in [4.78, 5) is 8.51. The van der Waals surface area contributed by atoms with E-state index in [2.05, 4.69) is 9.97 Å². The molecule has 1 aliphatic rings. The Morgan fingerprint density at radius 3 is 2.87 bits per heavy atom. The highest BCUT2D eigenvalue weighted by Gasteiger charge is 2.28. The first-order chi connectivity index (χ1) is 7.19. The molecule has 1 aromatic heterocycles. The Kier molecular flexibility index (Phi) is 2.86. The first-order valence-corrected chi connectivity index (χ1v) is 5.33. The Balaban J connectivity index is 2.08. The molecule has 1 fully saturated rings. The fraction of sp³-hybridized carbons (Fsp3) is 0.636. The van der Waals surface area contributed by atoms with Crippen molar-refractivity contribution < 1.29 is 4.74 Å². The lowest BCUT2D eigenvalue weighted by Gasteiger charge is -2.10. The van der Waals surface area contributed by atoms with Crippen molar-refractivity contribution in [2.75, 3.05) is 7.11 Å². The van der Waals surface area contributed by atoms with Gasteiger partial charge >= 0.3 is 0 Å². The van der Waals surface area contributed by atoms with Crippen LogP contribution in [0, 0.1) is 12.8 Å². The van der Waals surface area contributed by atoms with Crippen molar-refractivity contribution in [3.63, 3.8) is 0 Å². The molecular weight excluding hydrogens is 190 g/mol. The Hall–Kier alpha value is -1.16. The van der Waals surface area contributed by atoms with Crippen molar-refractivity contribution >= 4 is 0 Å². The van der Waals surface area contributed by atoms with Gasteiger partial charge in [0, 0.05) is 24.2 Å². The minimum absolute atomic E-state index is 0.240. The molecular formula is C11H17N3O. The normalized spacial score (nSPS) is 17.5. The molecule has 0 aliphatic heterocycles. The van der Waals surface area contributed by atoms with Gasteiger partial charge in [-0.2, -0.15) is 4.98 Å². The highest BCUT2D eigenvalue weighted by Crippen LogP contribution is 2.32. The second-order valence-corrected chi connectivity index (χ2v) is 4.15. The van der Waals surface area contributed by atoms with Crippen LogP contribution in [0.5, 0.6) is 5.88 Å². The highest BCUT2D eigenvalue weighted by molar-refractivity contribution is 5.17. The Morgan fingerprint density at radius 1 is 1.53 bits per heavy atom. The molecule has 1 aromatic rings. The number of hydrogen-bond acceptors (Lipinski definition) is 4. The predicted molar refractivity (Wildman–Crippen MR) is 57.7 cm³/mol. The van der Waals surface area contributed by atoms with Crippen LogP contribution in [0.3, 0.4) is 0 Å². The fourth-order valence-corrected chi connectivity index (χ4v) is 1.74. The molecule has 0 aromatic carbocycles. The summed E-state index contributed by atoms with van der Waals surface area (Å²) in [7, 11) is 1.62. The molecule has 1 saturated carbocycles. The quantitative estimate of drug-likeness (QED) is 0.802. The second kappa shape index (κ2) is 4.14. The summed E-state index contributed by atoms with van der Waals surface area (Å²) in [6.07, 6.45) is 3.36. The monoisotopic (exact) mass is 207 g/mol. The van der Waals surface area contributed by atoms with Gasteiger partial charge in [0.15, 0.2) is 0 Å². The van der Waals surface area contributed by atoms with Gasteiger partial charge in [0.25, 0.3) is 0 Å². The van der Waals surface area contributed by atoms with Gasteiger partial charge in [0.05, 0.1) is 7.11 Å². The molecule has 0 amide bonds. The average Bonchev–Trinajstić information content (AvgIpc) is 2.99. The molecule has 0 radical (unpaired) electrons. The SMILES string of the molecule is COc1cc(CC(N)C2CC2)nc(C)n1. The lowest BCUT2D eigenvalue weighted by atomic mass is 10.1. The van der Waals surface area contributed by atoms with Crippen LogP contribution in [-0.2, 0) is 6.42 Å². The van der Waals surface area contributed by atoms with Gasteiger partial charge in [-0.05, 0) is 25.7 Å². The van der Waals surface area contributed by atoms with Crippen LogP contribution >= 0.6 is 0 Å². The van der Waals surface area contributed by atoms with Crippen molar-refractivity contribution in [3.05, 3.63) is 17.6 Å². The van der Waals surface area contributed by atoms with E-state index in [4.69, 9.17) is 10.5 Å². The number of nitrogens with two attached hydrogens (primary N) is 1. The smallest absolute Gasteiger partial charge is 0.216 e. The molecule has 82 valence electrons. The Bertz CT molecular complexity index is 350. The number of hydrogen-bond donors (Lipinski definition) is 1. The summed E-state index contributed by atoms with van der Waals surface area (Å²) in [5.74, 6) is 2.07. The number of aryl methyl sites for hydroxylation is 1. The van der Waals surface area contributed by atoms with Crippen LogP contribution in [0.15, 0.2) is 6.07 Å². The minimum Gasteiger partial charge on any atom is -0.481 e.